The molecule has 0 saturated heterocycles. The molecule has 112 valence electrons. The highest BCUT2D eigenvalue weighted by Crippen LogP contribution is 2.19. The summed E-state index contributed by atoms with van der Waals surface area (Å²) in [6.45, 7) is 0. The molecule has 0 saturated carbocycles. The van der Waals surface area contributed by atoms with E-state index >= 15 is 0 Å². The molecule has 0 fully saturated rings. The molecular weight excluding hydrogens is 290 g/mol. The first kappa shape index (κ1) is 16.3. The van der Waals surface area contributed by atoms with Crippen LogP contribution in [0.15, 0.2) is 24.3 Å². The molecule has 1 aromatic rings. The van der Waals surface area contributed by atoms with Crippen molar-refractivity contribution in [3.8, 4) is 5.75 Å². The summed E-state index contributed by atoms with van der Waals surface area (Å²) in [7, 11) is -1.01. The molecule has 9 heteroatoms. The molecule has 0 aromatic heterocycles. The lowest BCUT2D eigenvalue weighted by Gasteiger charge is -2.13. The van der Waals surface area contributed by atoms with Gasteiger partial charge in [-0.1, -0.05) is 0 Å². The molecule has 20 heavy (non-hydrogen) atoms. The van der Waals surface area contributed by atoms with Gasteiger partial charge in [0.15, 0.2) is 6.29 Å². The summed E-state index contributed by atoms with van der Waals surface area (Å²) < 4.78 is 37.9. The van der Waals surface area contributed by atoms with Crippen LogP contribution in [0, 0.1) is 10.1 Å². The number of rotatable bonds is 8. The predicted molar refractivity (Wildman–Crippen MR) is 69.9 cm³/mol. The Morgan fingerprint density at radius 2 is 1.75 bits per heavy atom. The van der Waals surface area contributed by atoms with Gasteiger partial charge < -0.3 is 13.7 Å². The Labute approximate surface area is 116 Å². The maximum absolute atomic E-state index is 11.7. The van der Waals surface area contributed by atoms with E-state index in [9.17, 15) is 18.5 Å². The molecule has 0 atom stereocenters. The predicted octanol–water partition coefficient (Wildman–Crippen LogP) is 1.31. The second kappa shape index (κ2) is 7.17. The molecule has 0 aliphatic heterocycles. The van der Waals surface area contributed by atoms with Gasteiger partial charge in [0.05, 0.1) is 10.7 Å². The van der Waals surface area contributed by atoms with E-state index in [-0.39, 0.29) is 23.6 Å². The second-order valence-corrected chi connectivity index (χ2v) is 5.48. The number of non-ortho nitro benzene ring substituents is 1. The Kier molecular flexibility index (Phi) is 5.86. The van der Waals surface area contributed by atoms with Crippen molar-refractivity contribution in [1.29, 1.82) is 0 Å². The van der Waals surface area contributed by atoms with Crippen molar-refractivity contribution in [3.63, 3.8) is 0 Å². The molecule has 0 aliphatic carbocycles. The number of nitro benzene ring substituents is 1. The van der Waals surface area contributed by atoms with E-state index < -0.39 is 21.3 Å². The molecule has 0 unspecified atom stereocenters. The lowest BCUT2D eigenvalue weighted by molar-refractivity contribution is -0.384. The van der Waals surface area contributed by atoms with Crippen molar-refractivity contribution in [1.82, 2.24) is 0 Å². The Bertz CT molecular complexity index is 536. The SMILES string of the molecule is COC(CCS(=O)(=O)Oc1ccc([N+](=O)[O-])cc1)OC. The molecule has 0 radical (unpaired) electrons. The molecule has 8 nitrogen and oxygen atoms in total. The first-order valence-electron chi connectivity index (χ1n) is 5.60. The van der Waals surface area contributed by atoms with E-state index in [2.05, 4.69) is 0 Å². The van der Waals surface area contributed by atoms with Crippen molar-refractivity contribution >= 4 is 15.8 Å². The standard InChI is InChI=1S/C11H15NO7S/c1-17-11(18-2)7-8-20(15,16)19-10-5-3-9(4-6-10)12(13)14/h3-6,11H,7-8H2,1-2H3. The summed E-state index contributed by atoms with van der Waals surface area (Å²) in [4.78, 5) is 9.88. The minimum Gasteiger partial charge on any atom is -0.382 e. The van der Waals surface area contributed by atoms with Crippen LogP contribution in [0.25, 0.3) is 0 Å². The van der Waals surface area contributed by atoms with Crippen LogP contribution in [0.5, 0.6) is 5.75 Å². The maximum Gasteiger partial charge on any atom is 0.309 e. The third-order valence-corrected chi connectivity index (χ3v) is 3.58. The average molecular weight is 305 g/mol. The first-order chi connectivity index (χ1) is 9.38. The van der Waals surface area contributed by atoms with Crippen LogP contribution in [-0.4, -0.2) is 39.6 Å². The third kappa shape index (κ3) is 5.11. The highest BCUT2D eigenvalue weighted by molar-refractivity contribution is 7.87. The zero-order valence-electron chi connectivity index (χ0n) is 11.0. The van der Waals surface area contributed by atoms with Crippen molar-refractivity contribution in [2.75, 3.05) is 20.0 Å². The summed E-state index contributed by atoms with van der Waals surface area (Å²) in [5.74, 6) is -0.280. The normalized spacial score (nSPS) is 11.6. The van der Waals surface area contributed by atoms with Crippen LogP contribution in [0.4, 0.5) is 5.69 Å². The Morgan fingerprint density at radius 3 is 2.20 bits per heavy atom. The molecule has 0 bridgehead atoms. The van der Waals surface area contributed by atoms with Gasteiger partial charge in [-0.05, 0) is 12.1 Å². The molecule has 0 N–H and O–H groups in total. The van der Waals surface area contributed by atoms with Crippen LogP contribution < -0.4 is 4.18 Å². The van der Waals surface area contributed by atoms with Crippen LogP contribution in [0.3, 0.4) is 0 Å². The zero-order valence-corrected chi connectivity index (χ0v) is 11.8. The van der Waals surface area contributed by atoms with Crippen LogP contribution in [0.1, 0.15) is 6.42 Å². The van der Waals surface area contributed by atoms with Gasteiger partial charge in [-0.3, -0.25) is 10.1 Å². The molecular formula is C11H15NO7S. The van der Waals surface area contributed by atoms with Gasteiger partial charge in [0.1, 0.15) is 5.75 Å². The fourth-order valence-electron chi connectivity index (χ4n) is 1.38. The lowest BCUT2D eigenvalue weighted by atomic mass is 10.3. The Balaban J connectivity index is 2.64. The van der Waals surface area contributed by atoms with E-state index in [1.54, 1.807) is 0 Å². The van der Waals surface area contributed by atoms with Crippen molar-refractivity contribution in [2.24, 2.45) is 0 Å². The first-order valence-corrected chi connectivity index (χ1v) is 7.18. The molecule has 0 aliphatic rings. The van der Waals surface area contributed by atoms with E-state index in [4.69, 9.17) is 13.7 Å². The molecule has 0 amide bonds. The number of nitrogens with zero attached hydrogens (tertiary/aromatic N) is 1. The smallest absolute Gasteiger partial charge is 0.309 e. The number of ether oxygens (including phenoxy) is 2. The van der Waals surface area contributed by atoms with E-state index in [0.29, 0.717) is 0 Å². The van der Waals surface area contributed by atoms with Crippen molar-refractivity contribution in [2.45, 2.75) is 12.7 Å². The zero-order chi connectivity index (χ0) is 15.2. The molecule has 1 rings (SSSR count). The van der Waals surface area contributed by atoms with E-state index in [1.165, 1.54) is 26.4 Å². The number of nitro groups is 1. The maximum atomic E-state index is 11.7. The van der Waals surface area contributed by atoms with Crippen molar-refractivity contribution < 1.29 is 27.0 Å². The third-order valence-electron chi connectivity index (χ3n) is 2.40. The van der Waals surface area contributed by atoms with Gasteiger partial charge in [0, 0.05) is 32.8 Å². The molecule has 0 spiro atoms. The lowest BCUT2D eigenvalue weighted by Crippen LogP contribution is -2.21. The van der Waals surface area contributed by atoms with Gasteiger partial charge in [-0.25, -0.2) is 0 Å². The van der Waals surface area contributed by atoms with Gasteiger partial charge in [-0.2, -0.15) is 8.42 Å². The fraction of sp³-hybridized carbons (Fsp3) is 0.455. The van der Waals surface area contributed by atoms with Gasteiger partial charge in [-0.15, -0.1) is 0 Å². The molecule has 0 heterocycles. The number of methoxy groups -OCH3 is 2. The van der Waals surface area contributed by atoms with Gasteiger partial charge in [0.2, 0.25) is 0 Å². The summed E-state index contributed by atoms with van der Waals surface area (Å²) in [5, 5.41) is 10.5. The summed E-state index contributed by atoms with van der Waals surface area (Å²) in [6, 6.07) is 4.77. The minimum absolute atomic E-state index is 0.0157. The van der Waals surface area contributed by atoms with Crippen LogP contribution in [0.2, 0.25) is 0 Å². The Hall–Kier alpha value is -1.71. The fourth-order valence-corrected chi connectivity index (χ4v) is 2.35. The largest absolute Gasteiger partial charge is 0.382 e. The summed E-state index contributed by atoms with van der Waals surface area (Å²) >= 11 is 0. The van der Waals surface area contributed by atoms with E-state index in [1.807, 2.05) is 0 Å². The monoisotopic (exact) mass is 305 g/mol. The van der Waals surface area contributed by atoms with Crippen LogP contribution in [-0.2, 0) is 19.6 Å². The summed E-state index contributed by atoms with van der Waals surface area (Å²) in [5.41, 5.74) is -0.145. The average Bonchev–Trinajstić information content (AvgIpc) is 2.40. The van der Waals surface area contributed by atoms with Gasteiger partial charge >= 0.3 is 10.1 Å². The second-order valence-electron chi connectivity index (χ2n) is 3.79. The quantitative estimate of drug-likeness (QED) is 0.308. The highest BCUT2D eigenvalue weighted by Gasteiger charge is 2.17. The topological polar surface area (TPSA) is 105 Å². The minimum atomic E-state index is -3.81. The number of hydrogen-bond acceptors (Lipinski definition) is 7. The van der Waals surface area contributed by atoms with Gasteiger partial charge in [0.25, 0.3) is 5.69 Å². The number of hydrogen-bond donors (Lipinski definition) is 0. The van der Waals surface area contributed by atoms with Crippen LogP contribution >= 0.6 is 0 Å². The van der Waals surface area contributed by atoms with Crippen molar-refractivity contribution in [3.05, 3.63) is 34.4 Å². The Morgan fingerprint density at radius 1 is 1.20 bits per heavy atom. The summed E-state index contributed by atoms with van der Waals surface area (Å²) in [6.07, 6.45) is -0.521. The number of benzene rings is 1. The van der Waals surface area contributed by atoms with E-state index in [0.717, 1.165) is 12.1 Å². The molecule has 1 aromatic carbocycles. The highest BCUT2D eigenvalue weighted by atomic mass is 32.2.